The monoisotopic (exact) mass is 250 g/mol. The van der Waals surface area contributed by atoms with Gasteiger partial charge in [0.2, 0.25) is 0 Å². The molecule has 0 spiro atoms. The van der Waals surface area contributed by atoms with Gasteiger partial charge in [-0.2, -0.15) is 5.10 Å². The van der Waals surface area contributed by atoms with E-state index in [1.54, 1.807) is 4.68 Å². The van der Waals surface area contributed by atoms with Crippen LogP contribution in [0.1, 0.15) is 36.3 Å². The Morgan fingerprint density at radius 3 is 2.78 bits per heavy atom. The van der Waals surface area contributed by atoms with Gasteiger partial charge >= 0.3 is 0 Å². The van der Waals surface area contributed by atoms with Crippen LogP contribution >= 0.6 is 0 Å². The fourth-order valence-corrected chi connectivity index (χ4v) is 2.31. The second kappa shape index (κ2) is 5.52. The first-order valence-corrected chi connectivity index (χ1v) is 6.71. The number of rotatable bonds is 5. The van der Waals surface area contributed by atoms with Crippen molar-refractivity contribution < 1.29 is 4.79 Å². The topological polar surface area (TPSA) is 50.2 Å². The number of hydrogen-bond donors (Lipinski definition) is 1. The lowest BCUT2D eigenvalue weighted by Gasteiger charge is -2.38. The van der Waals surface area contributed by atoms with E-state index in [4.69, 9.17) is 0 Å². The molecule has 1 aromatic heterocycles. The highest BCUT2D eigenvalue weighted by Gasteiger charge is 2.30. The van der Waals surface area contributed by atoms with Gasteiger partial charge < -0.3 is 10.2 Å². The molecule has 0 aromatic carbocycles. The van der Waals surface area contributed by atoms with Crippen molar-refractivity contribution in [3.63, 3.8) is 0 Å². The minimum atomic E-state index is 0.133. The summed E-state index contributed by atoms with van der Waals surface area (Å²) in [6.45, 7) is 6.79. The molecule has 0 radical (unpaired) electrons. The van der Waals surface area contributed by atoms with Crippen LogP contribution in [0.5, 0.6) is 0 Å². The second-order valence-electron chi connectivity index (χ2n) is 4.83. The maximum absolute atomic E-state index is 12.6. The van der Waals surface area contributed by atoms with Gasteiger partial charge in [-0.25, -0.2) is 0 Å². The first-order valence-electron chi connectivity index (χ1n) is 6.71. The van der Waals surface area contributed by atoms with E-state index in [1.165, 1.54) is 0 Å². The Balaban J connectivity index is 2.20. The largest absolute Gasteiger partial charge is 0.333 e. The molecule has 18 heavy (non-hydrogen) atoms. The van der Waals surface area contributed by atoms with Gasteiger partial charge in [-0.15, -0.1) is 0 Å². The molecule has 1 aromatic rings. The zero-order valence-electron chi connectivity index (χ0n) is 11.4. The highest BCUT2D eigenvalue weighted by Crippen LogP contribution is 2.15. The van der Waals surface area contributed by atoms with Crippen LogP contribution < -0.4 is 5.32 Å². The predicted octanol–water partition coefficient (Wildman–Crippen LogP) is 0.806. The third-order valence-electron chi connectivity index (χ3n) is 3.40. The fraction of sp³-hybridized carbons (Fsp3) is 0.692. The first kappa shape index (κ1) is 13.1. The number of nitrogens with one attached hydrogen (secondary N) is 1. The van der Waals surface area contributed by atoms with Gasteiger partial charge in [0.15, 0.2) is 0 Å². The Bertz CT molecular complexity index is 423. The van der Waals surface area contributed by atoms with Gasteiger partial charge in [0.05, 0.1) is 17.3 Å². The van der Waals surface area contributed by atoms with Crippen molar-refractivity contribution in [3.8, 4) is 0 Å². The van der Waals surface area contributed by atoms with Crippen molar-refractivity contribution in [1.82, 2.24) is 20.0 Å². The summed E-state index contributed by atoms with van der Waals surface area (Å²) in [5.74, 6) is 0.133. The molecule has 0 saturated carbocycles. The Hall–Kier alpha value is -1.36. The van der Waals surface area contributed by atoms with Crippen molar-refractivity contribution in [2.24, 2.45) is 7.05 Å². The summed E-state index contributed by atoms with van der Waals surface area (Å²) in [4.78, 5) is 14.6. The maximum Gasteiger partial charge on any atom is 0.257 e. The SMILES string of the molecule is CCCN(C(=O)c1cn(C)nc1CC)C1CNC1. The average Bonchev–Trinajstić information content (AvgIpc) is 2.66. The van der Waals surface area contributed by atoms with E-state index in [9.17, 15) is 4.79 Å². The summed E-state index contributed by atoms with van der Waals surface area (Å²) in [6, 6.07) is 0.349. The van der Waals surface area contributed by atoms with Crippen LogP contribution in [0.3, 0.4) is 0 Å². The summed E-state index contributed by atoms with van der Waals surface area (Å²) < 4.78 is 1.73. The Labute approximate surface area is 108 Å². The average molecular weight is 250 g/mol. The van der Waals surface area contributed by atoms with Crippen molar-refractivity contribution in [3.05, 3.63) is 17.5 Å². The Morgan fingerprint density at radius 1 is 1.56 bits per heavy atom. The third kappa shape index (κ3) is 2.41. The lowest BCUT2D eigenvalue weighted by molar-refractivity contribution is 0.0614. The van der Waals surface area contributed by atoms with Crippen molar-refractivity contribution in [2.45, 2.75) is 32.7 Å². The minimum Gasteiger partial charge on any atom is -0.333 e. The summed E-state index contributed by atoms with van der Waals surface area (Å²) in [5.41, 5.74) is 1.66. The van der Waals surface area contributed by atoms with Gasteiger partial charge in [0.1, 0.15) is 0 Å². The number of carbonyl (C=O) groups is 1. The van der Waals surface area contributed by atoms with Crippen LogP contribution in [-0.2, 0) is 13.5 Å². The molecule has 1 aliphatic heterocycles. The normalized spacial score (nSPS) is 15.5. The maximum atomic E-state index is 12.6. The van der Waals surface area contributed by atoms with Crippen LogP contribution in [-0.4, -0.2) is 46.3 Å². The number of hydrogen-bond acceptors (Lipinski definition) is 3. The summed E-state index contributed by atoms with van der Waals surface area (Å²) in [6.07, 6.45) is 3.63. The van der Waals surface area contributed by atoms with Gasteiger partial charge in [-0.1, -0.05) is 13.8 Å². The first-order chi connectivity index (χ1) is 8.67. The predicted molar refractivity (Wildman–Crippen MR) is 70.6 cm³/mol. The lowest BCUT2D eigenvalue weighted by Crippen LogP contribution is -2.59. The number of aromatic nitrogens is 2. The molecule has 0 atom stereocenters. The number of aryl methyl sites for hydroxylation is 2. The van der Waals surface area contributed by atoms with E-state index >= 15 is 0 Å². The smallest absolute Gasteiger partial charge is 0.257 e. The molecular weight excluding hydrogens is 228 g/mol. The molecule has 100 valence electrons. The highest BCUT2D eigenvalue weighted by molar-refractivity contribution is 5.95. The van der Waals surface area contributed by atoms with Crippen molar-refractivity contribution in [2.75, 3.05) is 19.6 Å². The van der Waals surface area contributed by atoms with Crippen molar-refractivity contribution in [1.29, 1.82) is 0 Å². The van der Waals surface area contributed by atoms with Crippen LogP contribution in [0.4, 0.5) is 0 Å². The highest BCUT2D eigenvalue weighted by atomic mass is 16.2. The number of carbonyl (C=O) groups excluding carboxylic acids is 1. The van der Waals surface area contributed by atoms with Crippen molar-refractivity contribution >= 4 is 5.91 Å². The second-order valence-corrected chi connectivity index (χ2v) is 4.83. The summed E-state index contributed by atoms with van der Waals surface area (Å²) in [5, 5.41) is 7.57. The minimum absolute atomic E-state index is 0.133. The molecule has 1 fully saturated rings. The molecule has 0 bridgehead atoms. The molecule has 2 heterocycles. The summed E-state index contributed by atoms with van der Waals surface area (Å²) >= 11 is 0. The quantitative estimate of drug-likeness (QED) is 0.841. The molecular formula is C13H22N4O. The third-order valence-corrected chi connectivity index (χ3v) is 3.40. The van der Waals surface area contributed by atoms with Crippen LogP contribution in [0, 0.1) is 0 Å². The lowest BCUT2D eigenvalue weighted by atomic mass is 10.1. The van der Waals surface area contributed by atoms with Gasteiger partial charge in [0, 0.05) is 32.9 Å². The molecule has 1 saturated heterocycles. The van der Waals surface area contributed by atoms with Crippen LogP contribution in [0.2, 0.25) is 0 Å². The summed E-state index contributed by atoms with van der Waals surface area (Å²) in [7, 11) is 1.87. The molecule has 2 rings (SSSR count). The molecule has 1 amide bonds. The molecule has 1 N–H and O–H groups in total. The molecule has 0 unspecified atom stereocenters. The van der Waals surface area contributed by atoms with Gasteiger partial charge in [-0.3, -0.25) is 9.48 Å². The molecule has 0 aliphatic carbocycles. The molecule has 5 heteroatoms. The zero-order valence-corrected chi connectivity index (χ0v) is 11.4. The zero-order chi connectivity index (χ0) is 13.1. The fourth-order valence-electron chi connectivity index (χ4n) is 2.31. The van der Waals surface area contributed by atoms with E-state index in [-0.39, 0.29) is 5.91 Å². The number of amides is 1. The van der Waals surface area contributed by atoms with Gasteiger partial charge in [0.25, 0.3) is 5.91 Å². The van der Waals surface area contributed by atoms with E-state index in [0.717, 1.165) is 43.7 Å². The number of nitrogens with zero attached hydrogens (tertiary/aromatic N) is 3. The van der Waals surface area contributed by atoms with Gasteiger partial charge in [-0.05, 0) is 12.8 Å². The van der Waals surface area contributed by atoms with Crippen LogP contribution in [0.25, 0.3) is 0 Å². The Morgan fingerprint density at radius 2 is 2.28 bits per heavy atom. The van der Waals surface area contributed by atoms with E-state index in [0.29, 0.717) is 6.04 Å². The molecule has 5 nitrogen and oxygen atoms in total. The van der Waals surface area contributed by atoms with E-state index < -0.39 is 0 Å². The van der Waals surface area contributed by atoms with Crippen LogP contribution in [0.15, 0.2) is 6.20 Å². The standard InChI is InChI=1S/C13H22N4O/c1-4-6-17(10-7-14-8-10)13(18)11-9-16(3)15-12(11)5-2/h9-10,14H,4-8H2,1-3H3. The Kier molecular flexibility index (Phi) is 4.01. The van der Waals surface area contributed by atoms with E-state index in [1.807, 2.05) is 25.1 Å². The van der Waals surface area contributed by atoms with E-state index in [2.05, 4.69) is 17.3 Å². The molecule has 1 aliphatic rings.